The fourth-order valence-electron chi connectivity index (χ4n) is 4.64. The van der Waals surface area contributed by atoms with Crippen LogP contribution in [0.15, 0.2) is 27.4 Å². The topological polar surface area (TPSA) is 64.2 Å². The molecule has 2 aliphatic rings. The molecule has 1 amide bonds. The summed E-state index contributed by atoms with van der Waals surface area (Å²) in [6.07, 6.45) is 5.17. The first-order valence-electron chi connectivity index (χ1n) is 8.59. The van der Waals surface area contributed by atoms with Crippen molar-refractivity contribution in [3.05, 3.63) is 33.8 Å². The Morgan fingerprint density at radius 1 is 1.42 bits per heavy atom. The molecule has 5 nitrogen and oxygen atoms in total. The second kappa shape index (κ2) is 5.96. The number of benzene rings is 1. The number of hydrogen-bond donors (Lipinski definition) is 1. The number of hydrogen-bond acceptors (Lipinski definition) is 3. The number of nitrogens with zero attached hydrogens (tertiary/aromatic N) is 1. The molecule has 1 aromatic heterocycles. The number of oxazole rings is 1. The first-order valence-corrected chi connectivity index (χ1v) is 8.97. The lowest BCUT2D eigenvalue weighted by Crippen LogP contribution is -2.42. The third kappa shape index (κ3) is 2.75. The van der Waals surface area contributed by atoms with Gasteiger partial charge in [0.2, 0.25) is 5.91 Å². The van der Waals surface area contributed by atoms with Gasteiger partial charge in [0, 0.05) is 11.1 Å². The molecule has 128 valence electrons. The average molecular weight is 349 g/mol. The summed E-state index contributed by atoms with van der Waals surface area (Å²) < 4.78 is 6.51. The lowest BCUT2D eigenvalue weighted by Gasteiger charge is -2.28. The first kappa shape index (κ1) is 15.8. The zero-order valence-corrected chi connectivity index (χ0v) is 14.4. The Kier molecular flexibility index (Phi) is 3.91. The van der Waals surface area contributed by atoms with Crippen LogP contribution in [-0.2, 0) is 11.3 Å². The third-order valence-corrected chi connectivity index (χ3v) is 5.99. The molecule has 2 saturated carbocycles. The Morgan fingerprint density at radius 2 is 2.25 bits per heavy atom. The van der Waals surface area contributed by atoms with Gasteiger partial charge in [0.15, 0.2) is 5.58 Å². The summed E-state index contributed by atoms with van der Waals surface area (Å²) in [6, 6.07) is 5.10. The molecule has 6 heteroatoms. The van der Waals surface area contributed by atoms with Crippen LogP contribution in [0.4, 0.5) is 0 Å². The van der Waals surface area contributed by atoms with Crippen molar-refractivity contribution in [2.45, 2.75) is 45.2 Å². The highest BCUT2D eigenvalue weighted by Crippen LogP contribution is 2.49. The van der Waals surface area contributed by atoms with Crippen LogP contribution in [0.3, 0.4) is 0 Å². The van der Waals surface area contributed by atoms with E-state index in [-0.39, 0.29) is 18.5 Å². The fourth-order valence-corrected chi connectivity index (χ4v) is 4.81. The number of rotatable bonds is 4. The Bertz CT molecular complexity index is 840. The molecule has 4 unspecified atom stereocenters. The summed E-state index contributed by atoms with van der Waals surface area (Å²) >= 11 is 5.99. The molecule has 2 bridgehead atoms. The van der Waals surface area contributed by atoms with Crippen LogP contribution in [0.5, 0.6) is 0 Å². The SMILES string of the molecule is CC(NC(=O)Cn1c(=O)oc2ccc(Cl)cc21)C1CC2CCC1C2. The maximum absolute atomic E-state index is 12.4. The number of carbonyl (C=O) groups is 1. The molecule has 1 N–H and O–H groups in total. The van der Waals surface area contributed by atoms with Gasteiger partial charge < -0.3 is 9.73 Å². The van der Waals surface area contributed by atoms with Gasteiger partial charge in [-0.25, -0.2) is 4.79 Å². The molecular weight excluding hydrogens is 328 g/mol. The van der Waals surface area contributed by atoms with Crippen LogP contribution >= 0.6 is 11.6 Å². The van der Waals surface area contributed by atoms with Gasteiger partial charge in [-0.2, -0.15) is 0 Å². The van der Waals surface area contributed by atoms with Gasteiger partial charge in [0.25, 0.3) is 0 Å². The Labute approximate surface area is 145 Å². The van der Waals surface area contributed by atoms with E-state index >= 15 is 0 Å². The van der Waals surface area contributed by atoms with E-state index in [0.717, 1.165) is 11.8 Å². The van der Waals surface area contributed by atoms with Crippen molar-refractivity contribution in [2.24, 2.45) is 17.8 Å². The van der Waals surface area contributed by atoms with Gasteiger partial charge in [-0.1, -0.05) is 18.0 Å². The second-order valence-corrected chi connectivity index (χ2v) is 7.70. The molecule has 0 saturated heterocycles. The lowest BCUT2D eigenvalue weighted by molar-refractivity contribution is -0.122. The average Bonchev–Trinajstić information content (AvgIpc) is 3.23. The number of fused-ring (bicyclic) bond motifs is 3. The lowest BCUT2D eigenvalue weighted by atomic mass is 9.84. The fraction of sp³-hybridized carbons (Fsp3) is 0.556. The summed E-state index contributed by atoms with van der Waals surface area (Å²) in [5.41, 5.74) is 0.994. The standard InChI is InChI=1S/C18H21ClN2O3/c1-10(14-7-11-2-3-12(14)6-11)20-17(22)9-21-15-8-13(19)4-5-16(15)24-18(21)23/h4-5,8,10-12,14H,2-3,6-7,9H2,1H3,(H,20,22). The number of amides is 1. The van der Waals surface area contributed by atoms with Crippen LogP contribution < -0.4 is 11.1 Å². The minimum Gasteiger partial charge on any atom is -0.408 e. The van der Waals surface area contributed by atoms with Gasteiger partial charge in [0.05, 0.1) is 5.52 Å². The van der Waals surface area contributed by atoms with Crippen molar-refractivity contribution in [1.29, 1.82) is 0 Å². The smallest absolute Gasteiger partial charge is 0.408 e. The molecular formula is C18H21ClN2O3. The van der Waals surface area contributed by atoms with Gasteiger partial charge in [0.1, 0.15) is 6.54 Å². The second-order valence-electron chi connectivity index (χ2n) is 7.26. The Hall–Kier alpha value is -1.75. The molecule has 0 radical (unpaired) electrons. The third-order valence-electron chi connectivity index (χ3n) is 5.75. The van der Waals surface area contributed by atoms with E-state index in [1.807, 2.05) is 0 Å². The maximum atomic E-state index is 12.4. The summed E-state index contributed by atoms with van der Waals surface area (Å²) in [5, 5.41) is 3.59. The number of halogens is 1. The molecule has 2 aliphatic carbocycles. The van der Waals surface area contributed by atoms with Crippen molar-refractivity contribution in [3.8, 4) is 0 Å². The van der Waals surface area contributed by atoms with Gasteiger partial charge in [-0.05, 0) is 62.1 Å². The molecule has 0 spiro atoms. The predicted octanol–water partition coefficient (Wildman–Crippen LogP) is 3.19. The number of nitrogens with one attached hydrogen (secondary N) is 1. The highest BCUT2D eigenvalue weighted by Gasteiger charge is 2.42. The van der Waals surface area contributed by atoms with Crippen LogP contribution in [0.25, 0.3) is 11.1 Å². The summed E-state index contributed by atoms with van der Waals surface area (Å²) in [4.78, 5) is 24.4. The van der Waals surface area contributed by atoms with E-state index < -0.39 is 5.76 Å². The molecule has 2 fully saturated rings. The van der Waals surface area contributed by atoms with E-state index in [1.54, 1.807) is 18.2 Å². The van der Waals surface area contributed by atoms with E-state index in [9.17, 15) is 9.59 Å². The van der Waals surface area contributed by atoms with Crippen LogP contribution in [0, 0.1) is 17.8 Å². The van der Waals surface area contributed by atoms with Crippen molar-refractivity contribution < 1.29 is 9.21 Å². The predicted molar refractivity (Wildman–Crippen MR) is 92.0 cm³/mol. The first-order chi connectivity index (χ1) is 11.5. The van der Waals surface area contributed by atoms with Crippen LogP contribution in [0.1, 0.15) is 32.6 Å². The highest BCUT2D eigenvalue weighted by atomic mass is 35.5. The van der Waals surface area contributed by atoms with E-state index in [1.165, 1.54) is 30.3 Å². The molecule has 4 atom stereocenters. The number of aromatic nitrogens is 1. The molecule has 4 rings (SSSR count). The quantitative estimate of drug-likeness (QED) is 0.922. The largest absolute Gasteiger partial charge is 0.420 e. The van der Waals surface area contributed by atoms with Crippen LogP contribution in [-0.4, -0.2) is 16.5 Å². The van der Waals surface area contributed by atoms with E-state index in [2.05, 4.69) is 12.2 Å². The molecule has 2 aromatic rings. The molecule has 0 aliphatic heterocycles. The summed E-state index contributed by atoms with van der Waals surface area (Å²) in [5.74, 6) is 1.48. The zero-order chi connectivity index (χ0) is 16.8. The zero-order valence-electron chi connectivity index (χ0n) is 13.6. The van der Waals surface area contributed by atoms with Gasteiger partial charge >= 0.3 is 5.76 Å². The van der Waals surface area contributed by atoms with Crippen molar-refractivity contribution in [3.63, 3.8) is 0 Å². The molecule has 1 heterocycles. The molecule has 24 heavy (non-hydrogen) atoms. The van der Waals surface area contributed by atoms with Crippen LogP contribution in [0.2, 0.25) is 5.02 Å². The van der Waals surface area contributed by atoms with Crippen molar-refractivity contribution in [1.82, 2.24) is 9.88 Å². The monoisotopic (exact) mass is 348 g/mol. The minimum atomic E-state index is -0.532. The highest BCUT2D eigenvalue weighted by molar-refractivity contribution is 6.31. The number of carbonyl (C=O) groups excluding carboxylic acids is 1. The minimum absolute atomic E-state index is 0.0443. The normalized spacial score (nSPS) is 26.8. The Balaban J connectivity index is 1.47. The van der Waals surface area contributed by atoms with E-state index in [0.29, 0.717) is 22.0 Å². The summed E-state index contributed by atoms with van der Waals surface area (Å²) in [6.45, 7) is 2.04. The summed E-state index contributed by atoms with van der Waals surface area (Å²) in [7, 11) is 0. The molecule has 1 aromatic carbocycles. The maximum Gasteiger partial charge on any atom is 0.420 e. The van der Waals surface area contributed by atoms with E-state index in [4.69, 9.17) is 16.0 Å². The van der Waals surface area contributed by atoms with Crippen molar-refractivity contribution >= 4 is 28.6 Å². The van der Waals surface area contributed by atoms with Gasteiger partial charge in [-0.3, -0.25) is 9.36 Å². The van der Waals surface area contributed by atoms with Gasteiger partial charge in [-0.15, -0.1) is 0 Å². The van der Waals surface area contributed by atoms with Crippen molar-refractivity contribution in [2.75, 3.05) is 0 Å². The Morgan fingerprint density at radius 3 is 2.96 bits per heavy atom.